The van der Waals surface area contributed by atoms with E-state index in [1.165, 1.54) is 12.0 Å². The first-order chi connectivity index (χ1) is 14.8. The Labute approximate surface area is 174 Å². The highest BCUT2D eigenvalue weighted by molar-refractivity contribution is 5.22. The molecule has 4 rings (SSSR count). The monoisotopic (exact) mass is 405 g/mol. The van der Waals surface area contributed by atoms with Gasteiger partial charge in [-0.2, -0.15) is 15.2 Å². The third-order valence-corrected chi connectivity index (χ3v) is 4.99. The Hall–Kier alpha value is -3.35. The first-order valence-corrected chi connectivity index (χ1v) is 9.88. The predicted octanol–water partition coefficient (Wildman–Crippen LogP) is 1.82. The van der Waals surface area contributed by atoms with E-state index in [0.717, 1.165) is 50.7 Å². The van der Waals surface area contributed by atoms with Crippen LogP contribution in [0, 0.1) is 11.3 Å². The molecule has 154 valence electrons. The van der Waals surface area contributed by atoms with Gasteiger partial charge >= 0.3 is 6.01 Å². The van der Waals surface area contributed by atoms with Gasteiger partial charge in [0.25, 0.3) is 0 Å². The summed E-state index contributed by atoms with van der Waals surface area (Å²) in [6.07, 6.45) is 3.23. The Bertz CT molecular complexity index is 962. The summed E-state index contributed by atoms with van der Waals surface area (Å²) in [5.41, 5.74) is 2.99. The van der Waals surface area contributed by atoms with Gasteiger partial charge in [-0.25, -0.2) is 4.98 Å². The fourth-order valence-electron chi connectivity index (χ4n) is 3.34. The third-order valence-electron chi connectivity index (χ3n) is 4.99. The van der Waals surface area contributed by atoms with Crippen LogP contribution in [0.4, 0.5) is 0 Å². The lowest BCUT2D eigenvalue weighted by atomic mass is 10.1. The maximum absolute atomic E-state index is 8.76. The minimum Gasteiger partial charge on any atom is -0.459 e. The van der Waals surface area contributed by atoms with Crippen LogP contribution in [0.25, 0.3) is 0 Å². The van der Waals surface area contributed by atoms with E-state index < -0.39 is 0 Å². The van der Waals surface area contributed by atoms with Gasteiger partial charge in [0.1, 0.15) is 6.61 Å². The summed E-state index contributed by atoms with van der Waals surface area (Å²) in [5, 5.41) is 12.6. The zero-order chi connectivity index (χ0) is 20.6. The van der Waals surface area contributed by atoms with Gasteiger partial charge in [0, 0.05) is 38.9 Å². The number of hydrogen-bond acceptors (Lipinski definition) is 9. The second-order valence-electron chi connectivity index (χ2n) is 7.17. The molecule has 1 aromatic carbocycles. The summed E-state index contributed by atoms with van der Waals surface area (Å²) < 4.78 is 10.5. The van der Waals surface area contributed by atoms with Crippen LogP contribution in [0.2, 0.25) is 0 Å². The van der Waals surface area contributed by atoms with E-state index in [-0.39, 0.29) is 6.42 Å². The van der Waals surface area contributed by atoms with E-state index in [1.807, 2.05) is 0 Å². The minimum atomic E-state index is 0.249. The van der Waals surface area contributed by atoms with Gasteiger partial charge in [-0.1, -0.05) is 29.4 Å². The predicted molar refractivity (Wildman–Crippen MR) is 107 cm³/mol. The number of ether oxygens (including phenoxy) is 1. The summed E-state index contributed by atoms with van der Waals surface area (Å²) in [6, 6.07) is 12.5. The number of hydrogen-bond donors (Lipinski definition) is 0. The second-order valence-corrected chi connectivity index (χ2v) is 7.17. The van der Waals surface area contributed by atoms with Crippen LogP contribution in [0.5, 0.6) is 6.01 Å². The topological polar surface area (TPSA) is 104 Å². The van der Waals surface area contributed by atoms with E-state index in [0.29, 0.717) is 18.3 Å². The zero-order valence-electron chi connectivity index (χ0n) is 16.6. The Morgan fingerprint density at radius 3 is 2.40 bits per heavy atom. The van der Waals surface area contributed by atoms with Crippen LogP contribution in [0.15, 0.2) is 47.4 Å². The van der Waals surface area contributed by atoms with Crippen molar-refractivity contribution in [3.8, 4) is 12.1 Å². The molecule has 0 atom stereocenters. The van der Waals surface area contributed by atoms with E-state index in [9.17, 15) is 0 Å². The highest BCUT2D eigenvalue weighted by Gasteiger charge is 2.18. The molecule has 9 heteroatoms. The molecule has 0 bridgehead atoms. The van der Waals surface area contributed by atoms with Crippen molar-refractivity contribution >= 4 is 0 Å². The molecule has 2 aromatic heterocycles. The molecule has 1 saturated heterocycles. The van der Waals surface area contributed by atoms with Crippen molar-refractivity contribution in [1.29, 1.82) is 5.26 Å². The van der Waals surface area contributed by atoms with Crippen molar-refractivity contribution in [2.45, 2.75) is 26.1 Å². The van der Waals surface area contributed by atoms with Crippen LogP contribution in [-0.4, -0.2) is 56.1 Å². The van der Waals surface area contributed by atoms with Gasteiger partial charge < -0.3 is 9.26 Å². The average Bonchev–Trinajstić information content (AvgIpc) is 3.28. The molecule has 9 nitrogen and oxygen atoms in total. The van der Waals surface area contributed by atoms with Crippen LogP contribution in [0.1, 0.15) is 22.6 Å². The normalized spacial score (nSPS) is 15.0. The molecule has 0 radical (unpaired) electrons. The summed E-state index contributed by atoms with van der Waals surface area (Å²) in [4.78, 5) is 17.2. The molecule has 0 spiro atoms. The summed E-state index contributed by atoms with van der Waals surface area (Å²) >= 11 is 0. The van der Waals surface area contributed by atoms with Gasteiger partial charge in [-0.3, -0.25) is 9.80 Å². The van der Waals surface area contributed by atoms with E-state index >= 15 is 0 Å². The quantitative estimate of drug-likeness (QED) is 0.555. The molecule has 1 aliphatic rings. The molecule has 0 N–H and O–H groups in total. The fraction of sp³-hybridized carbons (Fsp3) is 0.381. The van der Waals surface area contributed by atoms with Gasteiger partial charge in [-0.15, -0.1) is 0 Å². The molecule has 3 heterocycles. The van der Waals surface area contributed by atoms with E-state index in [4.69, 9.17) is 14.5 Å². The highest BCUT2D eigenvalue weighted by atomic mass is 16.5. The molecular weight excluding hydrogens is 382 g/mol. The Morgan fingerprint density at radius 2 is 1.70 bits per heavy atom. The fourth-order valence-corrected chi connectivity index (χ4v) is 3.34. The van der Waals surface area contributed by atoms with Crippen molar-refractivity contribution < 1.29 is 9.26 Å². The molecule has 0 unspecified atom stereocenters. The molecule has 30 heavy (non-hydrogen) atoms. The first kappa shape index (κ1) is 19.9. The van der Waals surface area contributed by atoms with Crippen LogP contribution >= 0.6 is 0 Å². The average molecular weight is 405 g/mol. The maximum Gasteiger partial charge on any atom is 0.316 e. The van der Waals surface area contributed by atoms with Crippen LogP contribution in [0.3, 0.4) is 0 Å². The van der Waals surface area contributed by atoms with Gasteiger partial charge in [0.15, 0.2) is 5.82 Å². The Balaban J connectivity index is 1.22. The number of aromatic nitrogens is 4. The van der Waals surface area contributed by atoms with Crippen molar-refractivity contribution in [2.24, 2.45) is 0 Å². The summed E-state index contributed by atoms with van der Waals surface area (Å²) in [6.45, 7) is 6.07. The zero-order valence-corrected chi connectivity index (χ0v) is 16.6. The number of benzene rings is 1. The lowest BCUT2D eigenvalue weighted by Crippen LogP contribution is -2.45. The Kier molecular flexibility index (Phi) is 6.59. The maximum atomic E-state index is 8.76. The van der Waals surface area contributed by atoms with Crippen LogP contribution in [-0.2, 0) is 26.1 Å². The van der Waals surface area contributed by atoms with Crippen molar-refractivity contribution in [3.05, 3.63) is 65.6 Å². The largest absolute Gasteiger partial charge is 0.459 e. The molecular formula is C21H23N7O2. The summed E-state index contributed by atoms with van der Waals surface area (Å²) in [5.74, 6) is 0.739. The van der Waals surface area contributed by atoms with Gasteiger partial charge in [0.05, 0.1) is 24.7 Å². The Morgan fingerprint density at radius 1 is 0.967 bits per heavy atom. The van der Waals surface area contributed by atoms with Gasteiger partial charge in [-0.05, 0) is 17.2 Å². The van der Waals surface area contributed by atoms with Crippen molar-refractivity contribution in [3.63, 3.8) is 0 Å². The second kappa shape index (κ2) is 9.91. The van der Waals surface area contributed by atoms with Crippen molar-refractivity contribution in [1.82, 2.24) is 29.9 Å². The molecule has 0 amide bonds. The number of nitriles is 1. The van der Waals surface area contributed by atoms with E-state index in [1.54, 1.807) is 12.3 Å². The molecule has 1 aliphatic heterocycles. The number of rotatable bonds is 8. The number of nitrogens with zero attached hydrogens (tertiary/aromatic N) is 7. The summed E-state index contributed by atoms with van der Waals surface area (Å²) in [7, 11) is 0. The third kappa shape index (κ3) is 5.59. The first-order valence-electron chi connectivity index (χ1n) is 9.88. The van der Waals surface area contributed by atoms with Gasteiger partial charge in [0.2, 0.25) is 6.39 Å². The van der Waals surface area contributed by atoms with E-state index in [2.05, 4.69) is 60.2 Å². The molecule has 3 aromatic rings. The number of piperazine rings is 1. The molecule has 0 saturated carbocycles. The minimum absolute atomic E-state index is 0.249. The lowest BCUT2D eigenvalue weighted by Gasteiger charge is -2.34. The lowest BCUT2D eigenvalue weighted by molar-refractivity contribution is 0.119. The SMILES string of the molecule is N#CCc1ccnc(OCc2ccc(CN3CCN(Cc4ncon4)CC3)cc2)n1. The standard InChI is InChI=1S/C21H23N7O2/c22-7-5-19-6-8-23-21(25-19)29-15-18-3-1-17(2-4-18)13-27-9-11-28(12-10-27)14-20-24-16-30-26-20/h1-4,6,8,16H,5,9-15H2. The smallest absolute Gasteiger partial charge is 0.316 e. The van der Waals surface area contributed by atoms with Crippen molar-refractivity contribution in [2.75, 3.05) is 26.2 Å². The highest BCUT2D eigenvalue weighted by Crippen LogP contribution is 2.13. The van der Waals surface area contributed by atoms with Crippen LogP contribution < -0.4 is 4.74 Å². The molecule has 1 fully saturated rings. The molecule has 0 aliphatic carbocycles.